The first-order valence-corrected chi connectivity index (χ1v) is 5.61. The maximum atomic E-state index is 12.4. The highest BCUT2D eigenvalue weighted by atomic mass is 16.6. The molecule has 2 nitrogen and oxygen atoms in total. The normalized spacial score (nSPS) is 30.1. The van der Waals surface area contributed by atoms with Gasteiger partial charge in [0.15, 0.2) is 0 Å². The number of carbonyl (C=O) groups is 1. The van der Waals surface area contributed by atoms with Crippen LogP contribution in [-0.2, 0) is 9.53 Å². The number of ether oxygens (including phenoxy) is 1. The SMILES string of the molecule is CC(C)(C)C(=O)C(C)(C)C1(C)OC1(C)C. The molecule has 2 heteroatoms. The van der Waals surface area contributed by atoms with E-state index in [2.05, 4.69) is 0 Å². The Hall–Kier alpha value is -0.370. The van der Waals surface area contributed by atoms with Gasteiger partial charge in [0.25, 0.3) is 0 Å². The maximum Gasteiger partial charge on any atom is 0.146 e. The van der Waals surface area contributed by atoms with E-state index in [0.29, 0.717) is 0 Å². The summed E-state index contributed by atoms with van der Waals surface area (Å²) in [6.07, 6.45) is 0. The summed E-state index contributed by atoms with van der Waals surface area (Å²) in [5.41, 5.74) is -1.26. The standard InChI is InChI=1S/C13H24O2/c1-10(2,3)9(14)11(4,5)13(8)12(6,7)15-13/h1-8H3. The Balaban J connectivity index is 3.01. The van der Waals surface area contributed by atoms with Gasteiger partial charge < -0.3 is 4.74 Å². The molecule has 1 rings (SSSR count). The molecule has 0 aliphatic carbocycles. The second kappa shape index (κ2) is 2.85. The lowest BCUT2D eigenvalue weighted by atomic mass is 9.65. The van der Waals surface area contributed by atoms with Crippen LogP contribution in [0, 0.1) is 10.8 Å². The molecule has 88 valence electrons. The summed E-state index contributed by atoms with van der Waals surface area (Å²) in [6, 6.07) is 0. The van der Waals surface area contributed by atoms with Crippen LogP contribution in [0.2, 0.25) is 0 Å². The van der Waals surface area contributed by atoms with Crippen molar-refractivity contribution in [2.75, 3.05) is 0 Å². The molecule has 1 heterocycles. The van der Waals surface area contributed by atoms with Gasteiger partial charge in [-0.2, -0.15) is 0 Å². The highest BCUT2D eigenvalue weighted by Gasteiger charge is 2.70. The molecule has 0 radical (unpaired) electrons. The molecule has 0 amide bonds. The van der Waals surface area contributed by atoms with E-state index >= 15 is 0 Å². The summed E-state index contributed by atoms with van der Waals surface area (Å²) in [4.78, 5) is 12.4. The lowest BCUT2D eigenvalue weighted by molar-refractivity contribution is -0.138. The van der Waals surface area contributed by atoms with E-state index in [1.54, 1.807) is 0 Å². The van der Waals surface area contributed by atoms with Crippen LogP contribution in [-0.4, -0.2) is 17.0 Å². The molecule has 1 aliphatic rings. The third-order valence-electron chi connectivity index (χ3n) is 4.01. The number of epoxide rings is 1. The molecule has 0 saturated carbocycles. The van der Waals surface area contributed by atoms with Crippen LogP contribution in [0.5, 0.6) is 0 Å². The second-order valence-corrected chi connectivity index (χ2v) is 6.85. The summed E-state index contributed by atoms with van der Waals surface area (Å²) in [6.45, 7) is 16.0. The zero-order chi connectivity index (χ0) is 12.3. The van der Waals surface area contributed by atoms with Gasteiger partial charge in [-0.1, -0.05) is 20.8 Å². The molecule has 15 heavy (non-hydrogen) atoms. The van der Waals surface area contributed by atoms with E-state index in [-0.39, 0.29) is 22.4 Å². The lowest BCUT2D eigenvalue weighted by Gasteiger charge is -2.35. The zero-order valence-corrected chi connectivity index (χ0v) is 11.3. The molecule has 1 saturated heterocycles. The highest BCUT2D eigenvalue weighted by molar-refractivity contribution is 5.90. The molecule has 0 bridgehead atoms. The zero-order valence-electron chi connectivity index (χ0n) is 11.3. The summed E-state index contributed by atoms with van der Waals surface area (Å²) < 4.78 is 5.75. The van der Waals surface area contributed by atoms with E-state index in [4.69, 9.17) is 4.74 Å². The van der Waals surface area contributed by atoms with Crippen molar-refractivity contribution in [2.45, 2.75) is 66.6 Å². The maximum absolute atomic E-state index is 12.4. The van der Waals surface area contributed by atoms with Crippen molar-refractivity contribution in [3.63, 3.8) is 0 Å². The topological polar surface area (TPSA) is 29.6 Å². The van der Waals surface area contributed by atoms with Gasteiger partial charge in [-0.3, -0.25) is 4.79 Å². The minimum Gasteiger partial charge on any atom is -0.362 e. The Kier molecular flexibility index (Phi) is 2.41. The number of ketones is 1. The van der Waals surface area contributed by atoms with Crippen LogP contribution in [0.25, 0.3) is 0 Å². The van der Waals surface area contributed by atoms with Crippen LogP contribution >= 0.6 is 0 Å². The third kappa shape index (κ3) is 1.63. The first-order chi connectivity index (χ1) is 6.36. The van der Waals surface area contributed by atoms with Crippen LogP contribution in [0.1, 0.15) is 55.4 Å². The lowest BCUT2D eigenvalue weighted by Crippen LogP contribution is -2.46. The van der Waals surface area contributed by atoms with Crippen molar-refractivity contribution in [3.8, 4) is 0 Å². The minimum atomic E-state index is -0.436. The molecule has 1 unspecified atom stereocenters. The van der Waals surface area contributed by atoms with Gasteiger partial charge in [0.1, 0.15) is 11.4 Å². The Labute approximate surface area is 93.4 Å². The predicted octanol–water partition coefficient (Wildman–Crippen LogP) is 3.20. The number of carbonyl (C=O) groups excluding carboxylic acids is 1. The molecular formula is C13H24O2. The largest absolute Gasteiger partial charge is 0.362 e. The Morgan fingerprint density at radius 3 is 1.53 bits per heavy atom. The Morgan fingerprint density at radius 1 is 1.00 bits per heavy atom. The van der Waals surface area contributed by atoms with E-state index < -0.39 is 5.41 Å². The Bertz CT molecular complexity index is 294. The molecule has 1 aliphatic heterocycles. The number of rotatable bonds is 2. The number of hydrogen-bond acceptors (Lipinski definition) is 2. The van der Waals surface area contributed by atoms with Crippen molar-refractivity contribution in [1.29, 1.82) is 0 Å². The van der Waals surface area contributed by atoms with Gasteiger partial charge in [0, 0.05) is 5.41 Å². The second-order valence-electron chi connectivity index (χ2n) is 6.85. The van der Waals surface area contributed by atoms with Crippen LogP contribution in [0.3, 0.4) is 0 Å². The predicted molar refractivity (Wildman–Crippen MR) is 61.8 cm³/mol. The fourth-order valence-corrected chi connectivity index (χ4v) is 2.52. The summed E-state index contributed by atoms with van der Waals surface area (Å²) in [5, 5.41) is 0. The molecule has 0 aromatic heterocycles. The van der Waals surface area contributed by atoms with Gasteiger partial charge in [0.05, 0.1) is 11.0 Å². The summed E-state index contributed by atoms with van der Waals surface area (Å²) in [7, 11) is 0. The van der Waals surface area contributed by atoms with Gasteiger partial charge in [0.2, 0.25) is 0 Å². The molecular weight excluding hydrogens is 188 g/mol. The van der Waals surface area contributed by atoms with E-state index in [9.17, 15) is 4.79 Å². The molecule has 0 aromatic rings. The average Bonchev–Trinajstić information content (AvgIpc) is 2.49. The quantitative estimate of drug-likeness (QED) is 0.658. The molecule has 0 spiro atoms. The fraction of sp³-hybridized carbons (Fsp3) is 0.923. The van der Waals surface area contributed by atoms with Crippen molar-refractivity contribution in [3.05, 3.63) is 0 Å². The fourth-order valence-electron chi connectivity index (χ4n) is 2.52. The third-order valence-corrected chi connectivity index (χ3v) is 4.01. The van der Waals surface area contributed by atoms with Crippen molar-refractivity contribution >= 4 is 5.78 Å². The molecule has 1 fully saturated rings. The van der Waals surface area contributed by atoms with Gasteiger partial charge in [-0.25, -0.2) is 0 Å². The van der Waals surface area contributed by atoms with Gasteiger partial charge in [-0.15, -0.1) is 0 Å². The first kappa shape index (κ1) is 12.7. The van der Waals surface area contributed by atoms with Crippen molar-refractivity contribution in [1.82, 2.24) is 0 Å². The number of hydrogen-bond donors (Lipinski definition) is 0. The van der Waals surface area contributed by atoms with E-state index in [1.807, 2.05) is 55.4 Å². The monoisotopic (exact) mass is 212 g/mol. The molecule has 1 atom stereocenters. The number of Topliss-reactive ketones (excluding diaryl/α,β-unsaturated/α-hetero) is 1. The van der Waals surface area contributed by atoms with Gasteiger partial charge in [-0.05, 0) is 34.6 Å². The van der Waals surface area contributed by atoms with Crippen molar-refractivity contribution in [2.24, 2.45) is 10.8 Å². The van der Waals surface area contributed by atoms with E-state index in [1.165, 1.54) is 0 Å². The highest BCUT2D eigenvalue weighted by Crippen LogP contribution is 2.59. The van der Waals surface area contributed by atoms with Crippen LogP contribution in [0.4, 0.5) is 0 Å². The smallest absolute Gasteiger partial charge is 0.146 e. The summed E-state index contributed by atoms with van der Waals surface area (Å²) >= 11 is 0. The molecule has 0 N–H and O–H groups in total. The first-order valence-electron chi connectivity index (χ1n) is 5.61. The van der Waals surface area contributed by atoms with Crippen LogP contribution in [0.15, 0.2) is 0 Å². The average molecular weight is 212 g/mol. The van der Waals surface area contributed by atoms with Crippen molar-refractivity contribution < 1.29 is 9.53 Å². The van der Waals surface area contributed by atoms with Gasteiger partial charge >= 0.3 is 0 Å². The molecule has 0 aromatic carbocycles. The minimum absolute atomic E-state index is 0.183. The van der Waals surface area contributed by atoms with E-state index in [0.717, 1.165) is 0 Å². The van der Waals surface area contributed by atoms with Crippen LogP contribution < -0.4 is 0 Å². The summed E-state index contributed by atoms with van der Waals surface area (Å²) in [5.74, 6) is 0.267. The Morgan fingerprint density at radius 2 is 1.33 bits per heavy atom.